The van der Waals surface area contributed by atoms with Gasteiger partial charge in [-0.15, -0.1) is 0 Å². The standard InChI is InChI=1S/C15H21F3O5S.C14H19F3O5S.C13H17F3O5S.C12H15F3O5S.C11H13F3O5S.C11H13F3O4S/c1-9-6-11(7-10(2)13(9)23-14(3,4)5)22-12(15(16,17)18)8-24(19,20)21;1-8(2)21-13-9(3)5-11(6-10(13)4)22-12(14(15,16)17)7-23(18,19)20;1-4-20-12-8(2)5-10(6-9(12)3)21-11(13(14,15)16)7-22(17,18)19;1-7-4-9(5-8(2)11(7)19-3)20-10(12(13,14)15)6-21(16,17)18;1-6-3-8(4-7(2)10(6)15)19-9(11(12,13)14)5-20(16,17)18;1-7-3-8(2)5-9(4-7)18-10(11(12,13)14)6-19(15,16)17/h6-7,12H,8H2,1-5H3,(H,19,20,21);5-6,8,12H,7H2,1-4H3,(H,18,19,20);5-6,11H,4,7H2,1-3H3,(H,17,18,19);4-5,10H,6H2,1-3H3,(H,16,17,18);3-4,9,15H,5H2,1-2H3,(H,16,17,18);3-5,10H,6H2,1-2H3,(H,15,16,17)/p-6. The Morgan fingerprint density at radius 1 is 0.295 bits per heavy atom. The van der Waals surface area contributed by atoms with Crippen molar-refractivity contribution in [2.75, 3.05) is 48.2 Å². The van der Waals surface area contributed by atoms with Crippen molar-refractivity contribution in [2.24, 2.45) is 0 Å². The maximum absolute atomic E-state index is 12.9. The number of phenols is 1. The van der Waals surface area contributed by atoms with Crippen molar-refractivity contribution in [3.63, 3.8) is 0 Å². The van der Waals surface area contributed by atoms with Crippen molar-refractivity contribution >= 4 is 60.7 Å². The smallest absolute Gasteiger partial charge is 0.426 e. The van der Waals surface area contributed by atoms with Crippen LogP contribution in [0.4, 0.5) is 79.0 Å². The normalized spacial score (nSPS) is 14.0. The third-order valence-electron chi connectivity index (χ3n) is 15.6. The molecule has 6 rings (SSSR count). The first-order chi connectivity index (χ1) is 57.6. The molecule has 6 aromatic carbocycles. The second-order valence-electron chi connectivity index (χ2n) is 29.5. The summed E-state index contributed by atoms with van der Waals surface area (Å²) < 4.78 is 469. The number of phenolic OH excluding ortho intramolecular Hbond substituents is 1. The molecule has 53 heteroatoms. The number of aromatic hydroxyl groups is 1. The maximum atomic E-state index is 12.9. The molecule has 29 nitrogen and oxygen atoms in total. The van der Waals surface area contributed by atoms with Crippen LogP contribution < -0.4 is 47.4 Å². The van der Waals surface area contributed by atoms with E-state index < -0.39 is 175 Å². The zero-order valence-corrected chi connectivity index (χ0v) is 76.5. The lowest BCUT2D eigenvalue weighted by molar-refractivity contribution is -0.188. The summed E-state index contributed by atoms with van der Waals surface area (Å²) in [5.41, 5.74) is 5.67. The Hall–Kier alpha value is -8.68. The van der Waals surface area contributed by atoms with Gasteiger partial charge in [0.1, 0.15) is 68.8 Å². The molecule has 0 fully saturated rings. The highest BCUT2D eigenvalue weighted by molar-refractivity contribution is 7.87. The molecule has 1 N–H and O–H groups in total. The summed E-state index contributed by atoms with van der Waals surface area (Å²) in [4.78, 5) is 0. The fraction of sp³-hybridized carbons (Fsp3) is 0.526. The van der Waals surface area contributed by atoms with Crippen LogP contribution in [0.3, 0.4) is 0 Å². The van der Waals surface area contributed by atoms with Crippen LogP contribution in [0.1, 0.15) is 108 Å². The van der Waals surface area contributed by atoms with Crippen molar-refractivity contribution in [1.82, 2.24) is 0 Å². The number of hydrogen-bond donors (Lipinski definition) is 1. The predicted molar refractivity (Wildman–Crippen MR) is 421 cm³/mol. The lowest BCUT2D eigenvalue weighted by atomic mass is 10.1. The van der Waals surface area contributed by atoms with Crippen molar-refractivity contribution < 1.29 is 209 Å². The lowest BCUT2D eigenvalue weighted by Gasteiger charge is -2.26. The summed E-state index contributed by atoms with van der Waals surface area (Å²) >= 11 is 0. The maximum Gasteiger partial charge on any atom is 0.426 e. The number of hydrogen-bond acceptors (Lipinski definition) is 29. The Morgan fingerprint density at radius 3 is 0.659 bits per heavy atom. The summed E-state index contributed by atoms with van der Waals surface area (Å²) in [7, 11) is -29.1. The summed E-state index contributed by atoms with van der Waals surface area (Å²) in [5.74, 6) is -9.26. The molecule has 0 aromatic heterocycles. The van der Waals surface area contributed by atoms with E-state index in [1.165, 1.54) is 81.6 Å². The molecule has 738 valence electrons. The van der Waals surface area contributed by atoms with E-state index in [9.17, 15) is 162 Å². The van der Waals surface area contributed by atoms with Crippen LogP contribution in [0.2, 0.25) is 0 Å². The fourth-order valence-corrected chi connectivity index (χ4v) is 14.5. The molecule has 0 radical (unpaired) electrons. The quantitative estimate of drug-likeness (QED) is 0.0323. The van der Waals surface area contributed by atoms with Gasteiger partial charge in [-0.05, 0) is 264 Å². The average molecular weight is 2000 g/mol. The number of aryl methyl sites for hydroxylation is 12. The van der Waals surface area contributed by atoms with Crippen molar-refractivity contribution in [3.8, 4) is 63.2 Å². The van der Waals surface area contributed by atoms with Gasteiger partial charge in [0.25, 0.3) is 0 Å². The summed E-state index contributed by atoms with van der Waals surface area (Å²) in [5, 5.41) is 9.49. The first kappa shape index (κ1) is 118. The third-order valence-corrected chi connectivity index (χ3v) is 19.9. The molecular weight excluding hydrogens is 1910 g/mol. The molecule has 0 aliphatic carbocycles. The summed E-state index contributed by atoms with van der Waals surface area (Å²) in [6, 6.07) is 17.0. The van der Waals surface area contributed by atoms with Gasteiger partial charge in [-0.2, -0.15) is 79.0 Å². The van der Waals surface area contributed by atoms with Crippen molar-refractivity contribution in [1.29, 1.82) is 0 Å². The van der Waals surface area contributed by atoms with E-state index in [0.29, 0.717) is 85.2 Å². The minimum absolute atomic E-state index is 0.0997. The number of rotatable bonds is 30. The van der Waals surface area contributed by atoms with E-state index in [2.05, 4.69) is 14.2 Å². The van der Waals surface area contributed by atoms with Crippen LogP contribution in [0, 0.1) is 83.1 Å². The van der Waals surface area contributed by atoms with Crippen molar-refractivity contribution in [2.45, 2.75) is 210 Å². The SMILES string of the molecule is CCOc1c(C)cc(OC(CS(=O)(=O)[O-])C(F)(F)F)cc1C.COc1c(C)cc(OC(CS(=O)(=O)[O-])C(F)(F)F)cc1C.Cc1cc(C)cc(OC(CS(=O)(=O)[O-])C(F)(F)F)c1.Cc1cc(OC(CS(=O)(=O)[O-])C(F)(F)F)cc(C)c1O.Cc1cc(OC(CS(=O)(=O)[O-])C(F)(F)F)cc(C)c1OC(C)(C)C.Cc1cc(OC(CS(=O)(=O)[O-])C(F)(F)F)cc(C)c1OC(C)C. The highest BCUT2D eigenvalue weighted by atomic mass is 32.2. The van der Waals surface area contributed by atoms with Gasteiger partial charge in [-0.3, -0.25) is 0 Å². The van der Waals surface area contributed by atoms with Gasteiger partial charge in [0.2, 0.25) is 36.6 Å². The number of benzene rings is 6. The monoisotopic (exact) mass is 2000 g/mol. The zero-order valence-electron chi connectivity index (χ0n) is 71.6. The largest absolute Gasteiger partial charge is 0.748 e. The van der Waals surface area contributed by atoms with Gasteiger partial charge >= 0.3 is 37.1 Å². The average Bonchev–Trinajstić information content (AvgIpc) is 0.836. The van der Waals surface area contributed by atoms with E-state index in [4.69, 9.17) is 33.2 Å². The number of methoxy groups -OCH3 is 1. The molecule has 0 spiro atoms. The molecule has 0 bridgehead atoms. The van der Waals surface area contributed by atoms with Crippen LogP contribution in [0.5, 0.6) is 63.2 Å². The van der Waals surface area contributed by atoms with Gasteiger partial charge in [0.15, 0.2) is 0 Å². The van der Waals surface area contributed by atoms with E-state index in [-0.39, 0.29) is 57.5 Å². The van der Waals surface area contributed by atoms with E-state index >= 15 is 0 Å². The molecule has 0 heterocycles. The summed E-state index contributed by atoms with van der Waals surface area (Å²) in [6.07, 6.45) is -46.3. The van der Waals surface area contributed by atoms with E-state index in [0.717, 1.165) is 12.1 Å². The first-order valence-electron chi connectivity index (χ1n) is 36.5. The molecule has 0 saturated heterocycles. The topological polar surface area (TPSA) is 456 Å². The molecule has 0 saturated carbocycles. The van der Waals surface area contributed by atoms with E-state index in [1.54, 1.807) is 82.2 Å². The van der Waals surface area contributed by atoms with Gasteiger partial charge in [0, 0.05) is 0 Å². The van der Waals surface area contributed by atoms with Crippen LogP contribution >= 0.6 is 0 Å². The van der Waals surface area contributed by atoms with Crippen LogP contribution in [-0.4, -0.2) is 217 Å². The Labute approximate surface area is 733 Å². The zero-order chi connectivity index (χ0) is 101. The Bertz CT molecular complexity index is 5310. The van der Waals surface area contributed by atoms with Crippen LogP contribution in [0.15, 0.2) is 78.9 Å². The molecule has 0 aliphatic rings. The lowest BCUT2D eigenvalue weighted by Crippen LogP contribution is -2.40. The molecular formula is C76H92F18O29S6-6. The number of alkyl halides is 18. The first-order valence-corrected chi connectivity index (χ1v) is 46.0. The molecule has 0 amide bonds. The second kappa shape index (κ2) is 46.6. The molecule has 0 aliphatic heterocycles. The van der Waals surface area contributed by atoms with Crippen LogP contribution in [-0.2, 0) is 60.7 Å². The number of halogens is 18. The van der Waals surface area contributed by atoms with E-state index in [1.807, 2.05) is 34.6 Å². The second-order valence-corrected chi connectivity index (χ2v) is 38.2. The van der Waals surface area contributed by atoms with Gasteiger partial charge in [-0.1, -0.05) is 6.07 Å². The Kier molecular flexibility index (Phi) is 42.7. The van der Waals surface area contributed by atoms with Gasteiger partial charge < -0.3 is 79.8 Å². The third kappa shape index (κ3) is 46.8. The molecule has 6 aromatic rings. The summed E-state index contributed by atoms with van der Waals surface area (Å²) in [6.45, 7) is 30.4. The fourth-order valence-electron chi connectivity index (χ4n) is 10.8. The molecule has 6 atom stereocenters. The Morgan fingerprint density at radius 2 is 0.481 bits per heavy atom. The highest BCUT2D eigenvalue weighted by Crippen LogP contribution is 2.40. The minimum atomic E-state index is -5.10. The van der Waals surface area contributed by atoms with Gasteiger partial charge in [0.05, 0.1) is 115 Å². The minimum Gasteiger partial charge on any atom is -0.748 e. The predicted octanol–water partition coefficient (Wildman–Crippen LogP) is 15.0. The Balaban J connectivity index is 0.000000775. The van der Waals surface area contributed by atoms with Crippen LogP contribution in [0.25, 0.3) is 0 Å². The van der Waals surface area contributed by atoms with Gasteiger partial charge in [-0.25, -0.2) is 50.5 Å². The highest BCUT2D eigenvalue weighted by Gasteiger charge is 2.48. The molecule has 6 unspecified atom stereocenters. The van der Waals surface area contributed by atoms with Crippen molar-refractivity contribution in [3.05, 3.63) is 146 Å². The molecule has 129 heavy (non-hydrogen) atoms. The number of ether oxygens (including phenoxy) is 10.